The number of benzene rings is 1. The number of para-hydroxylation sites is 1. The van der Waals surface area contributed by atoms with Gasteiger partial charge >= 0.3 is 0 Å². The van der Waals surface area contributed by atoms with Gasteiger partial charge in [0.2, 0.25) is 11.8 Å². The summed E-state index contributed by atoms with van der Waals surface area (Å²) in [4.78, 5) is 23.4. The number of carbonyl (C=O) groups excluding carboxylic acids is 2. The van der Waals surface area contributed by atoms with E-state index in [1.54, 1.807) is 4.52 Å². The Labute approximate surface area is 152 Å². The SMILES string of the molecule is CC(=O)NC1=NN(C(C)=O)C(c2cc3cccc(C)c3n3nnnc23)S1. The van der Waals surface area contributed by atoms with E-state index in [2.05, 4.69) is 25.9 Å². The van der Waals surface area contributed by atoms with Crippen LogP contribution in [-0.2, 0) is 9.59 Å². The minimum absolute atomic E-state index is 0.238. The standard InChI is InChI=1S/C16H15N7O2S/c1-8-5-4-6-11-7-12(14-18-20-21-23(14)13(8)11)15-22(10(3)25)19-16(26-15)17-9(2)24/h4-7,15H,1-3H3,(H,17,19,24). The summed E-state index contributed by atoms with van der Waals surface area (Å²) in [6.45, 7) is 4.82. The van der Waals surface area contributed by atoms with E-state index >= 15 is 0 Å². The van der Waals surface area contributed by atoms with Crippen molar-refractivity contribution < 1.29 is 9.59 Å². The number of aromatic nitrogens is 4. The lowest BCUT2D eigenvalue weighted by Gasteiger charge is -2.20. The first-order valence-electron chi connectivity index (χ1n) is 7.88. The molecule has 1 N–H and O–H groups in total. The summed E-state index contributed by atoms with van der Waals surface area (Å²) in [5.41, 5.74) is 3.26. The molecule has 1 aromatic carbocycles. The topological polar surface area (TPSA) is 105 Å². The highest BCUT2D eigenvalue weighted by Crippen LogP contribution is 2.41. The summed E-state index contributed by atoms with van der Waals surface area (Å²) in [6, 6.07) is 7.89. The van der Waals surface area contributed by atoms with Gasteiger partial charge in [-0.05, 0) is 29.0 Å². The first-order valence-corrected chi connectivity index (χ1v) is 8.76. The summed E-state index contributed by atoms with van der Waals surface area (Å²) < 4.78 is 1.68. The summed E-state index contributed by atoms with van der Waals surface area (Å²) in [5, 5.41) is 21.1. The molecule has 1 aliphatic rings. The molecule has 1 aliphatic heterocycles. The average molecular weight is 369 g/mol. The molecule has 132 valence electrons. The number of amidine groups is 1. The molecule has 0 saturated carbocycles. The zero-order valence-corrected chi connectivity index (χ0v) is 15.1. The number of fused-ring (bicyclic) bond motifs is 3. The van der Waals surface area contributed by atoms with Gasteiger partial charge in [0.25, 0.3) is 0 Å². The van der Waals surface area contributed by atoms with Gasteiger partial charge in [-0.1, -0.05) is 30.0 Å². The Balaban J connectivity index is 1.89. The Kier molecular flexibility index (Phi) is 3.83. The monoisotopic (exact) mass is 369 g/mol. The van der Waals surface area contributed by atoms with Gasteiger partial charge in [0.1, 0.15) is 5.37 Å². The fourth-order valence-corrected chi connectivity index (χ4v) is 4.13. The molecule has 2 aromatic heterocycles. The third-order valence-electron chi connectivity index (χ3n) is 4.04. The third kappa shape index (κ3) is 2.58. The van der Waals surface area contributed by atoms with Crippen molar-refractivity contribution in [1.29, 1.82) is 0 Å². The minimum atomic E-state index is -0.465. The third-order valence-corrected chi connectivity index (χ3v) is 5.12. The molecule has 10 heteroatoms. The number of hydrazone groups is 1. The molecular formula is C16H15N7O2S. The van der Waals surface area contributed by atoms with Gasteiger partial charge < -0.3 is 5.32 Å². The number of tetrazole rings is 1. The molecule has 3 aromatic rings. The Morgan fingerprint density at radius 3 is 2.81 bits per heavy atom. The maximum Gasteiger partial charge on any atom is 0.241 e. The zero-order chi connectivity index (χ0) is 18.4. The van der Waals surface area contributed by atoms with Crippen LogP contribution in [-0.4, -0.2) is 42.0 Å². The van der Waals surface area contributed by atoms with Crippen molar-refractivity contribution in [1.82, 2.24) is 30.4 Å². The molecule has 0 spiro atoms. The van der Waals surface area contributed by atoms with E-state index in [1.807, 2.05) is 31.2 Å². The fraction of sp³-hybridized carbons (Fsp3) is 0.250. The highest BCUT2D eigenvalue weighted by Gasteiger charge is 2.34. The largest absolute Gasteiger partial charge is 0.304 e. The predicted octanol–water partition coefficient (Wildman–Crippen LogP) is 1.59. The van der Waals surface area contributed by atoms with Gasteiger partial charge in [-0.3, -0.25) is 9.59 Å². The van der Waals surface area contributed by atoms with Gasteiger partial charge in [0, 0.05) is 24.8 Å². The summed E-state index contributed by atoms with van der Waals surface area (Å²) in [7, 11) is 0. The van der Waals surface area contributed by atoms with Crippen LogP contribution in [0, 0.1) is 6.92 Å². The molecule has 0 saturated heterocycles. The van der Waals surface area contributed by atoms with Crippen molar-refractivity contribution in [3.05, 3.63) is 35.4 Å². The van der Waals surface area contributed by atoms with Crippen LogP contribution in [0.3, 0.4) is 0 Å². The van der Waals surface area contributed by atoms with E-state index in [4.69, 9.17) is 0 Å². The Morgan fingerprint density at radius 2 is 2.08 bits per heavy atom. The first kappa shape index (κ1) is 16.5. The van der Waals surface area contributed by atoms with Crippen LogP contribution in [0.25, 0.3) is 16.6 Å². The Bertz CT molecular complexity index is 1090. The molecule has 3 heterocycles. The highest BCUT2D eigenvalue weighted by atomic mass is 32.2. The number of rotatable bonds is 1. The molecule has 1 atom stereocenters. The molecule has 2 amide bonds. The van der Waals surface area contributed by atoms with Crippen molar-refractivity contribution in [2.45, 2.75) is 26.1 Å². The van der Waals surface area contributed by atoms with Crippen LogP contribution in [0.5, 0.6) is 0 Å². The lowest BCUT2D eigenvalue weighted by molar-refractivity contribution is -0.129. The van der Waals surface area contributed by atoms with Crippen LogP contribution < -0.4 is 5.32 Å². The van der Waals surface area contributed by atoms with Crippen molar-refractivity contribution in [3.63, 3.8) is 0 Å². The number of thioether (sulfide) groups is 1. The summed E-state index contributed by atoms with van der Waals surface area (Å²) in [5.74, 6) is -0.485. The van der Waals surface area contributed by atoms with E-state index in [1.165, 1.54) is 30.6 Å². The molecule has 0 fully saturated rings. The van der Waals surface area contributed by atoms with Gasteiger partial charge in [-0.15, -0.1) is 10.2 Å². The number of aryl methyl sites for hydroxylation is 1. The van der Waals surface area contributed by atoms with Gasteiger partial charge in [0.05, 0.1) is 5.52 Å². The molecule has 0 aliphatic carbocycles. The number of amides is 2. The second-order valence-corrected chi connectivity index (χ2v) is 7.02. The van der Waals surface area contributed by atoms with Crippen LogP contribution >= 0.6 is 11.8 Å². The number of pyridine rings is 1. The second-order valence-electron chi connectivity index (χ2n) is 5.95. The number of hydrogen-bond acceptors (Lipinski definition) is 7. The minimum Gasteiger partial charge on any atom is -0.304 e. The summed E-state index contributed by atoms with van der Waals surface area (Å²) in [6.07, 6.45) is 0. The van der Waals surface area contributed by atoms with Crippen LogP contribution in [0.2, 0.25) is 0 Å². The number of carbonyl (C=O) groups is 2. The maximum absolute atomic E-state index is 12.1. The number of nitrogens with zero attached hydrogens (tertiary/aromatic N) is 6. The van der Waals surface area contributed by atoms with E-state index in [-0.39, 0.29) is 11.8 Å². The molecular weight excluding hydrogens is 354 g/mol. The molecule has 9 nitrogen and oxygen atoms in total. The lowest BCUT2D eigenvalue weighted by atomic mass is 10.1. The maximum atomic E-state index is 12.1. The van der Waals surface area contributed by atoms with E-state index in [9.17, 15) is 9.59 Å². The quantitative estimate of drug-likeness (QED) is 0.698. The van der Waals surface area contributed by atoms with Gasteiger partial charge in [0.15, 0.2) is 10.8 Å². The van der Waals surface area contributed by atoms with E-state index in [0.29, 0.717) is 10.8 Å². The first-order chi connectivity index (χ1) is 12.5. The lowest BCUT2D eigenvalue weighted by Crippen LogP contribution is -2.25. The number of hydrogen-bond donors (Lipinski definition) is 1. The zero-order valence-electron chi connectivity index (χ0n) is 14.3. The average Bonchev–Trinajstić information content (AvgIpc) is 3.20. The Morgan fingerprint density at radius 1 is 1.27 bits per heavy atom. The molecule has 26 heavy (non-hydrogen) atoms. The second kappa shape index (κ2) is 6.06. The molecule has 1 unspecified atom stereocenters. The predicted molar refractivity (Wildman–Crippen MR) is 97.1 cm³/mol. The van der Waals surface area contributed by atoms with Crippen LogP contribution in [0.4, 0.5) is 0 Å². The van der Waals surface area contributed by atoms with Crippen molar-refractivity contribution in [2.24, 2.45) is 5.10 Å². The normalized spacial score (nSPS) is 17.0. The van der Waals surface area contributed by atoms with E-state index < -0.39 is 5.37 Å². The van der Waals surface area contributed by atoms with Gasteiger partial charge in [-0.25, -0.2) is 5.01 Å². The van der Waals surface area contributed by atoms with E-state index in [0.717, 1.165) is 22.0 Å². The molecule has 4 rings (SSSR count). The smallest absolute Gasteiger partial charge is 0.241 e. The fourth-order valence-electron chi connectivity index (χ4n) is 2.98. The van der Waals surface area contributed by atoms with Crippen LogP contribution in [0.1, 0.15) is 30.3 Å². The van der Waals surface area contributed by atoms with Gasteiger partial charge in [-0.2, -0.15) is 4.52 Å². The highest BCUT2D eigenvalue weighted by molar-refractivity contribution is 8.14. The van der Waals surface area contributed by atoms with Crippen molar-refractivity contribution >= 4 is 45.3 Å². The Hall–Kier alpha value is -3.01. The summed E-state index contributed by atoms with van der Waals surface area (Å²) >= 11 is 1.27. The van der Waals surface area contributed by atoms with Crippen molar-refractivity contribution in [3.8, 4) is 0 Å². The number of nitrogens with one attached hydrogen (secondary N) is 1. The van der Waals surface area contributed by atoms with Crippen LogP contribution in [0.15, 0.2) is 29.4 Å². The molecule has 0 radical (unpaired) electrons. The van der Waals surface area contributed by atoms with Crippen molar-refractivity contribution in [2.75, 3.05) is 0 Å². The molecule has 0 bridgehead atoms.